The number of nitrogens with one attached hydrogen (secondary N) is 1. The van der Waals surface area contributed by atoms with Crippen molar-refractivity contribution in [1.82, 2.24) is 4.90 Å². The lowest BCUT2D eigenvalue weighted by molar-refractivity contribution is -0.385. The summed E-state index contributed by atoms with van der Waals surface area (Å²) in [5.74, 6) is -0.201. The van der Waals surface area contributed by atoms with Crippen molar-refractivity contribution in [2.24, 2.45) is 0 Å². The highest BCUT2D eigenvalue weighted by molar-refractivity contribution is 5.93. The fourth-order valence-electron chi connectivity index (χ4n) is 2.45. The summed E-state index contributed by atoms with van der Waals surface area (Å²) in [6.45, 7) is 4.52. The molecule has 2 aromatic rings. The molecule has 0 saturated carbocycles. The van der Waals surface area contributed by atoms with Gasteiger partial charge in [0.15, 0.2) is 0 Å². The number of anilines is 1. The number of aryl methyl sites for hydroxylation is 1. The highest BCUT2D eigenvalue weighted by Crippen LogP contribution is 2.24. The van der Waals surface area contributed by atoms with Gasteiger partial charge < -0.3 is 5.32 Å². The van der Waals surface area contributed by atoms with Crippen LogP contribution in [-0.4, -0.2) is 29.3 Å². The molecule has 1 N–H and O–H groups in total. The zero-order chi connectivity index (χ0) is 17.7. The van der Waals surface area contributed by atoms with Gasteiger partial charge in [-0.1, -0.05) is 35.9 Å². The zero-order valence-corrected chi connectivity index (χ0v) is 14.1. The molecule has 0 fully saturated rings. The van der Waals surface area contributed by atoms with Crippen LogP contribution in [0.2, 0.25) is 0 Å². The maximum atomic E-state index is 12.2. The van der Waals surface area contributed by atoms with E-state index in [1.165, 1.54) is 11.6 Å². The molecule has 0 saturated heterocycles. The van der Waals surface area contributed by atoms with E-state index < -0.39 is 4.92 Å². The summed E-state index contributed by atoms with van der Waals surface area (Å²) in [6, 6.07) is 12.8. The standard InChI is InChI=1S/C18H21N3O3/c1-13-7-9-15(10-8-13)11-20(3)12-18(22)19-16-5-4-6-17(14(16)2)21(23)24/h4-10H,11-12H2,1-3H3,(H,19,22). The van der Waals surface area contributed by atoms with Gasteiger partial charge in [-0.3, -0.25) is 19.8 Å². The van der Waals surface area contributed by atoms with Crippen molar-refractivity contribution in [3.63, 3.8) is 0 Å². The monoisotopic (exact) mass is 327 g/mol. The van der Waals surface area contributed by atoms with Crippen LogP contribution in [0.4, 0.5) is 11.4 Å². The fraction of sp³-hybridized carbons (Fsp3) is 0.278. The van der Waals surface area contributed by atoms with Gasteiger partial charge in [0.2, 0.25) is 5.91 Å². The second-order valence-electron chi connectivity index (χ2n) is 5.91. The number of nitrogens with zero attached hydrogens (tertiary/aromatic N) is 2. The number of carbonyl (C=O) groups is 1. The summed E-state index contributed by atoms with van der Waals surface area (Å²) < 4.78 is 0. The average molecular weight is 327 g/mol. The van der Waals surface area contributed by atoms with Gasteiger partial charge in [-0.25, -0.2) is 0 Å². The lowest BCUT2D eigenvalue weighted by Crippen LogP contribution is -2.30. The van der Waals surface area contributed by atoms with Crippen molar-refractivity contribution in [3.05, 3.63) is 69.3 Å². The number of carbonyl (C=O) groups excluding carboxylic acids is 1. The summed E-state index contributed by atoms with van der Waals surface area (Å²) in [7, 11) is 1.86. The molecule has 0 aliphatic heterocycles. The Morgan fingerprint density at radius 2 is 1.83 bits per heavy atom. The molecule has 0 atom stereocenters. The van der Waals surface area contributed by atoms with Gasteiger partial charge in [0.05, 0.1) is 22.7 Å². The van der Waals surface area contributed by atoms with Gasteiger partial charge in [-0.05, 0) is 32.5 Å². The van der Waals surface area contributed by atoms with Crippen LogP contribution in [-0.2, 0) is 11.3 Å². The number of nitro groups is 1. The number of hydrogen-bond donors (Lipinski definition) is 1. The van der Waals surface area contributed by atoms with E-state index >= 15 is 0 Å². The largest absolute Gasteiger partial charge is 0.324 e. The van der Waals surface area contributed by atoms with Crippen LogP contribution in [0.1, 0.15) is 16.7 Å². The Kier molecular flexibility index (Phi) is 5.65. The lowest BCUT2D eigenvalue weighted by Gasteiger charge is -2.17. The van der Waals surface area contributed by atoms with Crippen LogP contribution in [0.25, 0.3) is 0 Å². The Labute approximate surface area is 141 Å². The summed E-state index contributed by atoms with van der Waals surface area (Å²) >= 11 is 0. The second-order valence-corrected chi connectivity index (χ2v) is 5.91. The van der Waals surface area contributed by atoms with Crippen molar-refractivity contribution < 1.29 is 9.72 Å². The molecule has 0 spiro atoms. The SMILES string of the molecule is Cc1ccc(CN(C)CC(=O)Nc2cccc([N+](=O)[O-])c2C)cc1. The molecule has 0 aromatic heterocycles. The Morgan fingerprint density at radius 3 is 2.46 bits per heavy atom. The third-order valence-corrected chi connectivity index (χ3v) is 3.76. The molecule has 0 bridgehead atoms. The minimum absolute atomic E-state index is 0.000750. The number of amides is 1. The molecule has 0 radical (unpaired) electrons. The minimum Gasteiger partial charge on any atom is -0.324 e. The molecule has 1 amide bonds. The summed E-state index contributed by atoms with van der Waals surface area (Å²) in [4.78, 5) is 24.6. The number of rotatable bonds is 6. The number of benzene rings is 2. The van der Waals surface area contributed by atoms with Crippen LogP contribution >= 0.6 is 0 Å². The second kappa shape index (κ2) is 7.70. The topological polar surface area (TPSA) is 75.5 Å². The van der Waals surface area contributed by atoms with Gasteiger partial charge in [-0.2, -0.15) is 0 Å². The Morgan fingerprint density at radius 1 is 1.17 bits per heavy atom. The lowest BCUT2D eigenvalue weighted by atomic mass is 10.1. The Bertz CT molecular complexity index is 742. The Balaban J connectivity index is 1.96. The summed E-state index contributed by atoms with van der Waals surface area (Å²) in [5.41, 5.74) is 3.25. The number of likely N-dealkylation sites (N-methyl/N-ethyl adjacent to an activating group) is 1. The molecule has 0 aliphatic carbocycles. The van der Waals surface area contributed by atoms with Crippen molar-refractivity contribution in [3.8, 4) is 0 Å². The summed E-state index contributed by atoms with van der Waals surface area (Å²) in [5, 5.41) is 13.7. The van der Waals surface area contributed by atoms with Gasteiger partial charge in [0.25, 0.3) is 5.69 Å². The fourth-order valence-corrected chi connectivity index (χ4v) is 2.45. The highest BCUT2D eigenvalue weighted by atomic mass is 16.6. The summed E-state index contributed by atoms with van der Waals surface area (Å²) in [6.07, 6.45) is 0. The van der Waals surface area contributed by atoms with Crippen molar-refractivity contribution in [2.45, 2.75) is 20.4 Å². The van der Waals surface area contributed by atoms with E-state index in [2.05, 4.69) is 5.32 Å². The van der Waals surface area contributed by atoms with Crippen LogP contribution in [0.5, 0.6) is 0 Å². The molecule has 0 heterocycles. The first-order chi connectivity index (χ1) is 11.4. The van der Waals surface area contributed by atoms with Gasteiger partial charge >= 0.3 is 0 Å². The van der Waals surface area contributed by atoms with E-state index in [1.54, 1.807) is 19.1 Å². The normalized spacial score (nSPS) is 10.7. The van der Waals surface area contributed by atoms with Crippen LogP contribution < -0.4 is 5.32 Å². The number of hydrogen-bond acceptors (Lipinski definition) is 4. The molecular formula is C18H21N3O3. The third kappa shape index (κ3) is 4.63. The zero-order valence-electron chi connectivity index (χ0n) is 14.1. The van der Waals surface area contributed by atoms with Gasteiger partial charge in [-0.15, -0.1) is 0 Å². The molecule has 0 unspecified atom stereocenters. The minimum atomic E-state index is -0.450. The number of nitro benzene ring substituents is 1. The van der Waals surface area contributed by atoms with E-state index in [4.69, 9.17) is 0 Å². The van der Waals surface area contributed by atoms with E-state index in [0.29, 0.717) is 17.8 Å². The maximum Gasteiger partial charge on any atom is 0.274 e. The van der Waals surface area contributed by atoms with Crippen molar-refractivity contribution in [1.29, 1.82) is 0 Å². The molecule has 126 valence electrons. The first kappa shape index (κ1) is 17.6. The van der Waals surface area contributed by atoms with Crippen molar-refractivity contribution in [2.75, 3.05) is 18.9 Å². The third-order valence-electron chi connectivity index (χ3n) is 3.76. The maximum absolute atomic E-state index is 12.2. The van der Waals surface area contributed by atoms with E-state index in [-0.39, 0.29) is 18.1 Å². The van der Waals surface area contributed by atoms with E-state index in [0.717, 1.165) is 5.56 Å². The average Bonchev–Trinajstić information content (AvgIpc) is 2.51. The molecule has 0 aliphatic rings. The molecule has 6 heteroatoms. The first-order valence-electron chi connectivity index (χ1n) is 7.65. The van der Waals surface area contributed by atoms with Gasteiger partial charge in [0, 0.05) is 12.6 Å². The smallest absolute Gasteiger partial charge is 0.274 e. The first-order valence-corrected chi connectivity index (χ1v) is 7.65. The molecule has 2 rings (SSSR count). The van der Waals surface area contributed by atoms with Crippen LogP contribution in [0.15, 0.2) is 42.5 Å². The van der Waals surface area contributed by atoms with E-state index in [1.807, 2.05) is 43.1 Å². The van der Waals surface area contributed by atoms with E-state index in [9.17, 15) is 14.9 Å². The quantitative estimate of drug-likeness (QED) is 0.652. The highest BCUT2D eigenvalue weighted by Gasteiger charge is 2.15. The Hall–Kier alpha value is -2.73. The van der Waals surface area contributed by atoms with Crippen LogP contribution in [0, 0.1) is 24.0 Å². The molecule has 6 nitrogen and oxygen atoms in total. The van der Waals surface area contributed by atoms with Gasteiger partial charge in [0.1, 0.15) is 0 Å². The molecular weight excluding hydrogens is 306 g/mol. The van der Waals surface area contributed by atoms with Crippen molar-refractivity contribution >= 4 is 17.3 Å². The van der Waals surface area contributed by atoms with Crippen LogP contribution in [0.3, 0.4) is 0 Å². The predicted octanol–water partition coefficient (Wildman–Crippen LogP) is 3.28. The molecule has 24 heavy (non-hydrogen) atoms. The predicted molar refractivity (Wildman–Crippen MR) is 94.0 cm³/mol. The molecule has 2 aromatic carbocycles.